The van der Waals surface area contributed by atoms with Crippen molar-refractivity contribution >= 4 is 35.1 Å². The first kappa shape index (κ1) is 21.6. The Hall–Kier alpha value is -2.61. The molecule has 1 atom stereocenters. The first-order valence-corrected chi connectivity index (χ1v) is 11.1. The fourth-order valence-corrected chi connectivity index (χ4v) is 4.67. The van der Waals surface area contributed by atoms with E-state index < -0.39 is 5.60 Å². The lowest BCUT2D eigenvalue weighted by Gasteiger charge is -2.37. The third-order valence-electron chi connectivity index (χ3n) is 6.25. The van der Waals surface area contributed by atoms with Crippen molar-refractivity contribution in [3.05, 3.63) is 28.8 Å². The molecule has 166 valence electrons. The van der Waals surface area contributed by atoms with Crippen molar-refractivity contribution in [3.63, 3.8) is 0 Å². The van der Waals surface area contributed by atoms with Gasteiger partial charge in [0.1, 0.15) is 11.4 Å². The van der Waals surface area contributed by atoms with Gasteiger partial charge in [0, 0.05) is 50.5 Å². The van der Waals surface area contributed by atoms with Crippen LogP contribution in [-0.2, 0) is 14.4 Å². The Balaban J connectivity index is 1.32. The van der Waals surface area contributed by atoms with Gasteiger partial charge in [0.05, 0.1) is 18.5 Å². The molecule has 2 fully saturated rings. The highest BCUT2D eigenvalue weighted by molar-refractivity contribution is 6.31. The molecule has 1 spiro atoms. The first-order valence-electron chi connectivity index (χ1n) is 10.7. The quantitative estimate of drug-likeness (QED) is 0.742. The third kappa shape index (κ3) is 4.84. The van der Waals surface area contributed by atoms with Crippen LogP contribution in [0.5, 0.6) is 5.75 Å². The Morgan fingerprint density at radius 3 is 2.68 bits per heavy atom. The zero-order valence-corrected chi connectivity index (χ0v) is 18.1. The molecule has 8 nitrogen and oxygen atoms in total. The van der Waals surface area contributed by atoms with Crippen LogP contribution in [0.15, 0.2) is 18.2 Å². The number of ketones is 1. The van der Waals surface area contributed by atoms with E-state index in [4.69, 9.17) is 16.3 Å². The van der Waals surface area contributed by atoms with Crippen LogP contribution in [0.1, 0.15) is 48.9 Å². The second-order valence-electron chi connectivity index (χ2n) is 8.43. The standard InChI is InChI=1S/C22H26ClN3O5/c23-15-3-4-18-16(12-15)17(27)13-22(31-18)6-5-21(30)26(10-7-22)14-19(28)24-8-11-25-9-1-2-20(25)29/h3-4,12H,1-2,5-11,13-14H2,(H,24,28)/t22-/m0/s1. The Kier molecular flexibility index (Phi) is 6.18. The van der Waals surface area contributed by atoms with Gasteiger partial charge in [0.2, 0.25) is 17.7 Å². The Labute approximate surface area is 185 Å². The molecule has 0 saturated carbocycles. The first-order chi connectivity index (χ1) is 14.8. The number of amides is 3. The molecule has 0 aromatic heterocycles. The fraction of sp³-hybridized carbons (Fsp3) is 0.545. The van der Waals surface area contributed by atoms with E-state index in [1.807, 2.05) is 0 Å². The maximum absolute atomic E-state index is 12.7. The minimum Gasteiger partial charge on any atom is -0.486 e. The minimum atomic E-state index is -0.741. The zero-order valence-electron chi connectivity index (χ0n) is 17.3. The number of nitrogens with one attached hydrogen (secondary N) is 1. The molecule has 0 aliphatic carbocycles. The average Bonchev–Trinajstić information content (AvgIpc) is 3.08. The highest BCUT2D eigenvalue weighted by Crippen LogP contribution is 2.40. The molecule has 4 rings (SSSR count). The summed E-state index contributed by atoms with van der Waals surface area (Å²) in [7, 11) is 0. The van der Waals surface area contributed by atoms with Crippen molar-refractivity contribution in [2.75, 3.05) is 32.7 Å². The number of benzene rings is 1. The molecule has 2 saturated heterocycles. The summed E-state index contributed by atoms with van der Waals surface area (Å²) in [5.74, 6) is 0.194. The van der Waals surface area contributed by atoms with Crippen molar-refractivity contribution in [1.29, 1.82) is 0 Å². The highest BCUT2D eigenvalue weighted by atomic mass is 35.5. The number of hydrogen-bond acceptors (Lipinski definition) is 5. The number of ether oxygens (including phenoxy) is 1. The van der Waals surface area contributed by atoms with Crippen molar-refractivity contribution in [1.82, 2.24) is 15.1 Å². The van der Waals surface area contributed by atoms with E-state index in [2.05, 4.69) is 5.32 Å². The minimum absolute atomic E-state index is 0.0387. The van der Waals surface area contributed by atoms with Gasteiger partial charge in [-0.1, -0.05) is 11.6 Å². The van der Waals surface area contributed by atoms with Crippen molar-refractivity contribution < 1.29 is 23.9 Å². The van der Waals surface area contributed by atoms with E-state index in [1.165, 1.54) is 4.90 Å². The van der Waals surface area contributed by atoms with E-state index in [0.29, 0.717) is 55.2 Å². The number of carbonyl (C=O) groups is 4. The second kappa shape index (κ2) is 8.86. The van der Waals surface area contributed by atoms with Gasteiger partial charge in [0.25, 0.3) is 0 Å². The molecule has 3 amide bonds. The van der Waals surface area contributed by atoms with Crippen molar-refractivity contribution in [2.45, 2.75) is 44.1 Å². The number of carbonyl (C=O) groups excluding carboxylic acids is 4. The van der Waals surface area contributed by atoms with Gasteiger partial charge < -0.3 is 19.9 Å². The molecule has 1 aromatic rings. The summed E-state index contributed by atoms with van der Waals surface area (Å²) in [5, 5.41) is 3.27. The molecule has 31 heavy (non-hydrogen) atoms. The largest absolute Gasteiger partial charge is 0.486 e. The monoisotopic (exact) mass is 447 g/mol. The maximum atomic E-state index is 12.7. The second-order valence-corrected chi connectivity index (χ2v) is 8.86. The van der Waals surface area contributed by atoms with Crippen LogP contribution in [-0.4, -0.2) is 71.6 Å². The van der Waals surface area contributed by atoms with Gasteiger partial charge in [-0.05, 0) is 31.0 Å². The van der Waals surface area contributed by atoms with Crippen LogP contribution >= 0.6 is 11.6 Å². The number of likely N-dealkylation sites (tertiary alicyclic amines) is 2. The summed E-state index contributed by atoms with van der Waals surface area (Å²) in [4.78, 5) is 52.5. The predicted octanol–water partition coefficient (Wildman–Crippen LogP) is 1.80. The lowest BCUT2D eigenvalue weighted by Crippen LogP contribution is -2.44. The van der Waals surface area contributed by atoms with Gasteiger partial charge in [-0.15, -0.1) is 0 Å². The van der Waals surface area contributed by atoms with Gasteiger partial charge in [0.15, 0.2) is 5.78 Å². The lowest BCUT2D eigenvalue weighted by molar-refractivity contribution is -0.135. The van der Waals surface area contributed by atoms with Crippen molar-refractivity contribution in [3.8, 4) is 5.75 Å². The molecule has 3 aliphatic rings. The molecule has 0 bridgehead atoms. The van der Waals surface area contributed by atoms with E-state index in [9.17, 15) is 19.2 Å². The highest BCUT2D eigenvalue weighted by Gasteiger charge is 2.43. The van der Waals surface area contributed by atoms with Crippen LogP contribution in [0.2, 0.25) is 5.02 Å². The number of hydrogen-bond donors (Lipinski definition) is 1. The molecule has 3 heterocycles. The van der Waals surface area contributed by atoms with Crippen LogP contribution in [0.4, 0.5) is 0 Å². The van der Waals surface area contributed by atoms with Crippen LogP contribution in [0, 0.1) is 0 Å². The molecule has 1 aromatic carbocycles. The fourth-order valence-electron chi connectivity index (χ4n) is 4.49. The number of fused-ring (bicyclic) bond motifs is 1. The average molecular weight is 448 g/mol. The van der Waals surface area contributed by atoms with Gasteiger partial charge in [-0.3, -0.25) is 19.2 Å². The zero-order chi connectivity index (χ0) is 22.0. The maximum Gasteiger partial charge on any atom is 0.239 e. The Bertz CT molecular complexity index is 920. The summed E-state index contributed by atoms with van der Waals surface area (Å²) < 4.78 is 6.20. The molecule has 9 heteroatoms. The normalized spacial score (nSPS) is 23.6. The summed E-state index contributed by atoms with van der Waals surface area (Å²) in [5.41, 5.74) is -0.268. The van der Waals surface area contributed by atoms with E-state index >= 15 is 0 Å². The number of halogens is 1. The van der Waals surface area contributed by atoms with Crippen molar-refractivity contribution in [2.24, 2.45) is 0 Å². The lowest BCUT2D eigenvalue weighted by atomic mass is 9.84. The van der Waals surface area contributed by atoms with Gasteiger partial charge in [-0.25, -0.2) is 0 Å². The molecule has 1 N–H and O–H groups in total. The number of rotatable bonds is 5. The van der Waals surface area contributed by atoms with Gasteiger partial charge in [-0.2, -0.15) is 0 Å². The summed E-state index contributed by atoms with van der Waals surface area (Å²) >= 11 is 6.00. The SMILES string of the molecule is O=C(CN1CC[C@@]2(CCC1=O)CC(=O)c1cc(Cl)ccc1O2)NCCN1CCCC1=O. The Morgan fingerprint density at radius 1 is 1.10 bits per heavy atom. The van der Waals surface area contributed by atoms with Crippen LogP contribution in [0.25, 0.3) is 0 Å². The van der Waals surface area contributed by atoms with Gasteiger partial charge >= 0.3 is 0 Å². The predicted molar refractivity (Wildman–Crippen MR) is 113 cm³/mol. The van der Waals surface area contributed by atoms with E-state index in [0.717, 1.165) is 13.0 Å². The van der Waals surface area contributed by atoms with Crippen LogP contribution in [0.3, 0.4) is 0 Å². The molecule has 0 radical (unpaired) electrons. The summed E-state index contributed by atoms with van der Waals surface area (Å²) in [6.07, 6.45) is 2.74. The number of Topliss-reactive ketones (excluding diaryl/α,β-unsaturated/α-hetero) is 1. The number of nitrogens with zero attached hydrogens (tertiary/aromatic N) is 2. The van der Waals surface area contributed by atoms with E-state index in [-0.39, 0.29) is 42.9 Å². The van der Waals surface area contributed by atoms with E-state index in [1.54, 1.807) is 23.1 Å². The topological polar surface area (TPSA) is 96.0 Å². The molecular weight excluding hydrogens is 422 g/mol. The smallest absolute Gasteiger partial charge is 0.239 e. The Morgan fingerprint density at radius 2 is 1.90 bits per heavy atom. The van der Waals surface area contributed by atoms with Crippen LogP contribution < -0.4 is 10.1 Å². The summed E-state index contributed by atoms with van der Waals surface area (Å²) in [6.45, 7) is 1.89. The summed E-state index contributed by atoms with van der Waals surface area (Å²) in [6, 6.07) is 4.99. The molecular formula is C22H26ClN3O5. The molecule has 3 aliphatic heterocycles. The molecule has 0 unspecified atom stereocenters. The third-order valence-corrected chi connectivity index (χ3v) is 6.48.